The normalized spacial score (nSPS) is 11.2. The summed E-state index contributed by atoms with van der Waals surface area (Å²) in [5.41, 5.74) is 17.8. The molecule has 0 aliphatic rings. The van der Waals surface area contributed by atoms with Crippen LogP contribution in [0.25, 0.3) is 163 Å². The molecule has 0 atom stereocenters. The topological polar surface area (TPSA) is 14.8 Å². The molecular weight excluding hydrogens is 1340 g/mol. The summed E-state index contributed by atoms with van der Waals surface area (Å²) >= 11 is 1.85. The van der Waals surface area contributed by atoms with Crippen molar-refractivity contribution < 1.29 is 98.1 Å². The second kappa shape index (κ2) is 26.0. The predicted octanol–water partition coefficient (Wildman–Crippen LogP) is 22.4. The summed E-state index contributed by atoms with van der Waals surface area (Å²) in [6.07, 6.45) is 0. The summed E-state index contributed by atoms with van der Waals surface area (Å²) in [5, 5.41) is 18.1. The van der Waals surface area contributed by atoms with Crippen molar-refractivity contribution in [3.8, 4) is 54.3 Å². The Bertz CT molecular complexity index is 5680. The van der Waals surface area contributed by atoms with E-state index in [0.717, 1.165) is 0 Å². The molecule has 0 N–H and O–H groups in total. The van der Waals surface area contributed by atoms with Gasteiger partial charge in [0.25, 0.3) is 0 Å². The van der Waals surface area contributed by atoms with E-state index in [-0.39, 0.29) is 98.1 Å². The fraction of sp³-hybridized carbons (Fsp3) is 0.0361. The van der Waals surface area contributed by atoms with Crippen LogP contribution in [0.4, 0.5) is 0 Å². The molecule has 14 aromatic carbocycles. The van der Waals surface area contributed by atoms with Crippen molar-refractivity contribution in [2.24, 2.45) is 21.1 Å². The van der Waals surface area contributed by atoms with Gasteiger partial charge in [0.1, 0.15) is 0 Å². The first kappa shape index (κ1) is 61.4. The molecular formula is C83H56N3SY3-3. The molecule has 421 valence electrons. The van der Waals surface area contributed by atoms with E-state index in [1.54, 1.807) is 0 Å². The van der Waals surface area contributed by atoms with Crippen LogP contribution in [0, 0.1) is 18.2 Å². The summed E-state index contributed by atoms with van der Waals surface area (Å²) in [6.45, 7) is 0. The van der Waals surface area contributed by atoms with Crippen LogP contribution in [0.15, 0.2) is 285 Å². The van der Waals surface area contributed by atoms with Gasteiger partial charge in [-0.2, -0.15) is 84.9 Å². The van der Waals surface area contributed by atoms with Crippen molar-refractivity contribution in [2.75, 3.05) is 0 Å². The average Bonchev–Trinajstić information content (AvgIpc) is 1.59. The van der Waals surface area contributed by atoms with Gasteiger partial charge in [0.15, 0.2) is 0 Å². The summed E-state index contributed by atoms with van der Waals surface area (Å²) in [4.78, 5) is 2.59. The molecule has 0 bridgehead atoms. The van der Waals surface area contributed by atoms with E-state index in [9.17, 15) is 0 Å². The quantitative estimate of drug-likeness (QED) is 0.153. The molecule has 0 amide bonds. The van der Waals surface area contributed by atoms with E-state index in [4.69, 9.17) is 0 Å². The first-order valence-electron chi connectivity index (χ1n) is 29.6. The Hall–Kier alpha value is -7.47. The fourth-order valence-electron chi connectivity index (χ4n) is 13.7. The van der Waals surface area contributed by atoms with Gasteiger partial charge in [0.2, 0.25) is 0 Å². The number of para-hydroxylation sites is 3. The number of thiophene rings is 1. The Morgan fingerprint density at radius 2 is 0.611 bits per heavy atom. The molecule has 0 saturated carbocycles. The van der Waals surface area contributed by atoms with Crippen LogP contribution in [0.1, 0.15) is 0 Å². The van der Waals surface area contributed by atoms with Crippen LogP contribution >= 0.6 is 11.3 Å². The third kappa shape index (κ3) is 10.8. The minimum Gasteiger partial charge on any atom is -0.343 e. The predicted molar refractivity (Wildman–Crippen MR) is 373 cm³/mol. The zero-order chi connectivity index (χ0) is 58.1. The van der Waals surface area contributed by atoms with E-state index in [1.165, 1.54) is 163 Å². The Balaban J connectivity index is 0.000000122. The van der Waals surface area contributed by atoms with Gasteiger partial charge in [0, 0.05) is 200 Å². The number of aromatic nitrogens is 3. The van der Waals surface area contributed by atoms with Crippen molar-refractivity contribution in [2.45, 2.75) is 0 Å². The molecule has 0 unspecified atom stereocenters. The van der Waals surface area contributed by atoms with E-state index < -0.39 is 0 Å². The summed E-state index contributed by atoms with van der Waals surface area (Å²) < 4.78 is 6.98. The van der Waals surface area contributed by atoms with E-state index in [1.807, 2.05) is 47.7 Å². The van der Waals surface area contributed by atoms with Crippen LogP contribution in [0.3, 0.4) is 0 Å². The Morgan fingerprint density at radius 1 is 0.256 bits per heavy atom. The molecule has 90 heavy (non-hydrogen) atoms. The number of hydrogen-bond donors (Lipinski definition) is 0. The van der Waals surface area contributed by atoms with Crippen molar-refractivity contribution >= 4 is 120 Å². The zero-order valence-corrected chi connectivity index (χ0v) is 59.4. The van der Waals surface area contributed by atoms with Crippen molar-refractivity contribution in [3.05, 3.63) is 303 Å². The third-order valence-corrected chi connectivity index (χ3v) is 19.0. The molecule has 0 saturated heterocycles. The van der Waals surface area contributed by atoms with Gasteiger partial charge >= 0.3 is 0 Å². The van der Waals surface area contributed by atoms with Gasteiger partial charge < -0.3 is 13.7 Å². The van der Waals surface area contributed by atoms with Gasteiger partial charge in [-0.25, -0.2) is 0 Å². The maximum Gasteiger partial charge on any atom is 0.0568 e. The Labute approximate surface area is 603 Å². The third-order valence-electron chi connectivity index (χ3n) is 17.8. The molecule has 3 radical (unpaired) electrons. The van der Waals surface area contributed by atoms with Gasteiger partial charge in [-0.05, 0) is 92.5 Å². The molecule has 3 nitrogen and oxygen atoms in total. The molecule has 18 rings (SSSR count). The standard InChI is InChI=1S/C29H20N.C27H18NS.C27H18N.3Y/c1-30-28-14-8-7-12-24(28)27-19-26(23-11-5-6-13-25(23)29(27)30)22-17-15-21(16-18-22)20-9-3-2-4-10-20;1-28-24-14-8-7-12-20(24)23-17-22(19-11-5-6-13-21(19)27(23)28)26-16-15-25(29-26)18-9-3-2-4-10-18;1-28-26-13-7-6-11-22(26)25-17-24(21-10-4-5-12-23(21)27(25)28)20-15-14-18-8-2-3-9-19(18)16-20;;;/h3-19H,1H3;3-17H,1H3;3-17H,1H3;;;/q3*-1;;;. The van der Waals surface area contributed by atoms with Crippen LogP contribution < -0.4 is 0 Å². The minimum atomic E-state index is 0. The second-order valence-electron chi connectivity index (χ2n) is 22.6. The largest absolute Gasteiger partial charge is 0.343 e. The van der Waals surface area contributed by atoms with Gasteiger partial charge in [-0.15, -0.1) is 39.3 Å². The van der Waals surface area contributed by atoms with E-state index in [2.05, 4.69) is 302 Å². The van der Waals surface area contributed by atoms with Crippen molar-refractivity contribution in [3.63, 3.8) is 0 Å². The summed E-state index contributed by atoms with van der Waals surface area (Å²) in [5.74, 6) is 0. The molecule has 0 spiro atoms. The van der Waals surface area contributed by atoms with Crippen molar-refractivity contribution in [1.82, 2.24) is 13.7 Å². The Kier molecular flexibility index (Phi) is 17.8. The first-order chi connectivity index (χ1) is 42.9. The summed E-state index contributed by atoms with van der Waals surface area (Å²) in [6, 6.07) is 111. The molecule has 0 aliphatic carbocycles. The van der Waals surface area contributed by atoms with E-state index in [0.29, 0.717) is 0 Å². The second-order valence-corrected chi connectivity index (χ2v) is 23.7. The number of nitrogens with zero attached hydrogens (tertiary/aromatic N) is 3. The SMILES string of the molecule is Cn1c2ccccc2c2cc(-c3ccc(-c4cc[c-]cc4)cc3)c3ccccc3c21.Cn1c2ccccc2c2cc(-c3ccc(-c4cc[c-]cc4)s3)c3ccccc3c21.Cn1c2ccccc2c2cc(-c3ccc4c[c-]ccc4c3)c3ccccc3c21.[Y].[Y].[Y]. The number of hydrogen-bond acceptors (Lipinski definition) is 1. The van der Waals surface area contributed by atoms with E-state index >= 15 is 0 Å². The Morgan fingerprint density at radius 3 is 1.10 bits per heavy atom. The van der Waals surface area contributed by atoms with Crippen LogP contribution in [-0.4, -0.2) is 13.7 Å². The maximum atomic E-state index is 3.17. The zero-order valence-electron chi connectivity index (χ0n) is 50.1. The maximum absolute atomic E-state index is 3.17. The monoisotopic (exact) mass is 1390 g/mol. The minimum absolute atomic E-state index is 0. The average molecular weight is 1390 g/mol. The summed E-state index contributed by atoms with van der Waals surface area (Å²) in [7, 11) is 6.51. The van der Waals surface area contributed by atoms with Crippen LogP contribution in [0.2, 0.25) is 0 Å². The van der Waals surface area contributed by atoms with Gasteiger partial charge in [-0.3, -0.25) is 0 Å². The molecule has 7 heteroatoms. The van der Waals surface area contributed by atoms with Gasteiger partial charge in [-0.1, -0.05) is 164 Å². The van der Waals surface area contributed by atoms with Crippen LogP contribution in [-0.2, 0) is 119 Å². The molecule has 4 heterocycles. The fourth-order valence-corrected chi connectivity index (χ4v) is 14.8. The number of benzene rings is 14. The smallest absolute Gasteiger partial charge is 0.0568 e. The first-order valence-corrected chi connectivity index (χ1v) is 30.5. The van der Waals surface area contributed by atoms with Gasteiger partial charge in [0.05, 0.1) is 16.6 Å². The number of rotatable bonds is 5. The molecule has 18 aromatic rings. The molecule has 0 fully saturated rings. The number of aryl methyl sites for hydroxylation is 3. The number of fused-ring (bicyclic) bond motifs is 16. The van der Waals surface area contributed by atoms with Crippen LogP contribution in [0.5, 0.6) is 0 Å². The molecule has 4 aromatic heterocycles. The van der Waals surface area contributed by atoms with Crippen molar-refractivity contribution in [1.29, 1.82) is 0 Å². The molecule has 0 aliphatic heterocycles.